The lowest BCUT2D eigenvalue weighted by Gasteiger charge is -2.03. The number of hydrogen-bond donors (Lipinski definition) is 2. The lowest BCUT2D eigenvalue weighted by atomic mass is 10.1. The fourth-order valence-corrected chi connectivity index (χ4v) is 2.91. The minimum atomic E-state index is 0.124. The van der Waals surface area contributed by atoms with Gasteiger partial charge in [-0.1, -0.05) is 25.0 Å². The highest BCUT2D eigenvalue weighted by atomic mass is 16.1. The zero-order valence-corrected chi connectivity index (χ0v) is 15.1. The third-order valence-corrected chi connectivity index (χ3v) is 4.42. The third kappa shape index (κ3) is 4.81. The number of rotatable bonds is 9. The molecule has 26 heavy (non-hydrogen) atoms. The number of aromatic amines is 1. The second kappa shape index (κ2) is 8.99. The number of imidazole rings is 1. The van der Waals surface area contributed by atoms with Gasteiger partial charge < -0.3 is 10.3 Å². The molecule has 0 spiro atoms. The van der Waals surface area contributed by atoms with Crippen LogP contribution in [0.4, 0.5) is 0 Å². The van der Waals surface area contributed by atoms with Crippen molar-refractivity contribution in [2.24, 2.45) is 0 Å². The van der Waals surface area contributed by atoms with E-state index in [9.17, 15) is 4.79 Å². The number of benzene rings is 1. The molecule has 0 aliphatic rings. The maximum atomic E-state index is 11.2. The number of hydrogen-bond acceptors (Lipinski definition) is 3. The molecule has 0 aliphatic heterocycles. The summed E-state index contributed by atoms with van der Waals surface area (Å²) in [6.07, 6.45) is 11.4. The summed E-state index contributed by atoms with van der Waals surface area (Å²) in [6.45, 7) is 0. The number of carbonyl (C=O) groups is 1. The summed E-state index contributed by atoms with van der Waals surface area (Å²) in [5, 5.41) is 6.89. The molecule has 0 unspecified atom stereocenters. The lowest BCUT2D eigenvalue weighted by Crippen LogP contribution is -2.16. The van der Waals surface area contributed by atoms with Crippen LogP contribution in [0.1, 0.15) is 37.9 Å². The van der Waals surface area contributed by atoms with Crippen molar-refractivity contribution in [3.63, 3.8) is 0 Å². The standard InChI is InChI=1S/C20H25N5O/c1-21-20(26)8-5-3-2-4-7-19-22-15-18(24-19)16-9-11-17(12-10-16)25-14-6-13-23-25/h6,9-15H,2-5,7-8H2,1H3,(H,21,26)(H,22,24). The molecule has 3 aromatic rings. The van der Waals surface area contributed by atoms with Crippen molar-refractivity contribution < 1.29 is 4.79 Å². The smallest absolute Gasteiger partial charge is 0.219 e. The van der Waals surface area contributed by atoms with Crippen LogP contribution < -0.4 is 5.32 Å². The number of unbranched alkanes of at least 4 members (excludes halogenated alkanes) is 3. The second-order valence-corrected chi connectivity index (χ2v) is 6.33. The first-order chi connectivity index (χ1) is 12.8. The minimum absolute atomic E-state index is 0.124. The van der Waals surface area contributed by atoms with Gasteiger partial charge >= 0.3 is 0 Å². The van der Waals surface area contributed by atoms with Crippen molar-refractivity contribution in [3.05, 3.63) is 54.7 Å². The van der Waals surface area contributed by atoms with E-state index in [0.29, 0.717) is 6.42 Å². The Hall–Kier alpha value is -2.89. The van der Waals surface area contributed by atoms with Gasteiger partial charge in [0, 0.05) is 32.3 Å². The summed E-state index contributed by atoms with van der Waals surface area (Å²) >= 11 is 0. The number of H-pyrrole nitrogens is 1. The molecule has 2 aromatic heterocycles. The number of aryl methyl sites for hydroxylation is 1. The van der Waals surface area contributed by atoms with Crippen LogP contribution in [-0.2, 0) is 11.2 Å². The fourth-order valence-electron chi connectivity index (χ4n) is 2.91. The quantitative estimate of drug-likeness (QED) is 0.579. The SMILES string of the molecule is CNC(=O)CCCCCCc1ncc(-c2ccc(-n3cccn3)cc2)[nH]1. The van der Waals surface area contributed by atoms with Crippen molar-refractivity contribution in [1.29, 1.82) is 0 Å². The van der Waals surface area contributed by atoms with Crippen LogP contribution in [0.15, 0.2) is 48.9 Å². The van der Waals surface area contributed by atoms with Gasteiger partial charge in [-0.2, -0.15) is 5.10 Å². The van der Waals surface area contributed by atoms with Crippen LogP contribution in [0.25, 0.3) is 16.9 Å². The Morgan fingerprint density at radius 1 is 1.15 bits per heavy atom. The predicted molar refractivity (Wildman–Crippen MR) is 102 cm³/mol. The van der Waals surface area contributed by atoms with E-state index in [2.05, 4.69) is 44.6 Å². The molecule has 3 rings (SSSR count). The van der Waals surface area contributed by atoms with E-state index in [0.717, 1.165) is 54.9 Å². The zero-order valence-electron chi connectivity index (χ0n) is 15.1. The number of nitrogens with one attached hydrogen (secondary N) is 2. The number of nitrogens with zero attached hydrogens (tertiary/aromatic N) is 3. The first kappa shape index (κ1) is 17.9. The van der Waals surface area contributed by atoms with Gasteiger partial charge in [-0.25, -0.2) is 9.67 Å². The van der Waals surface area contributed by atoms with E-state index >= 15 is 0 Å². The highest BCUT2D eigenvalue weighted by Gasteiger charge is 2.05. The van der Waals surface area contributed by atoms with Gasteiger partial charge in [0.25, 0.3) is 0 Å². The number of aromatic nitrogens is 4. The molecule has 0 saturated carbocycles. The Morgan fingerprint density at radius 3 is 2.69 bits per heavy atom. The van der Waals surface area contributed by atoms with Crippen LogP contribution in [0.2, 0.25) is 0 Å². The van der Waals surface area contributed by atoms with Crippen LogP contribution in [0.5, 0.6) is 0 Å². The summed E-state index contributed by atoms with van der Waals surface area (Å²) < 4.78 is 1.84. The molecule has 1 amide bonds. The van der Waals surface area contributed by atoms with Crippen LogP contribution in [-0.4, -0.2) is 32.7 Å². The molecule has 0 bridgehead atoms. The monoisotopic (exact) mass is 351 g/mol. The highest BCUT2D eigenvalue weighted by molar-refractivity contribution is 5.75. The average molecular weight is 351 g/mol. The fraction of sp³-hybridized carbons (Fsp3) is 0.350. The van der Waals surface area contributed by atoms with E-state index in [4.69, 9.17) is 0 Å². The minimum Gasteiger partial charge on any atom is -0.359 e. The van der Waals surface area contributed by atoms with E-state index < -0.39 is 0 Å². The van der Waals surface area contributed by atoms with Gasteiger partial charge in [0.1, 0.15) is 5.82 Å². The molecular weight excluding hydrogens is 326 g/mol. The Kier molecular flexibility index (Phi) is 6.19. The lowest BCUT2D eigenvalue weighted by molar-refractivity contribution is -0.120. The largest absolute Gasteiger partial charge is 0.359 e. The molecule has 0 aliphatic carbocycles. The van der Waals surface area contributed by atoms with Crippen molar-refractivity contribution in [2.75, 3.05) is 7.05 Å². The summed E-state index contributed by atoms with van der Waals surface area (Å²) in [4.78, 5) is 19.1. The summed E-state index contributed by atoms with van der Waals surface area (Å²) in [5.74, 6) is 1.14. The van der Waals surface area contributed by atoms with Crippen LogP contribution >= 0.6 is 0 Å². The first-order valence-corrected chi connectivity index (χ1v) is 9.11. The third-order valence-electron chi connectivity index (χ3n) is 4.42. The van der Waals surface area contributed by atoms with E-state index in [1.54, 1.807) is 13.2 Å². The van der Waals surface area contributed by atoms with Gasteiger partial charge in [-0.15, -0.1) is 0 Å². The van der Waals surface area contributed by atoms with Gasteiger partial charge in [0.05, 0.1) is 17.6 Å². The Labute approximate surface area is 153 Å². The Bertz CT molecular complexity index is 805. The molecule has 0 fully saturated rings. The second-order valence-electron chi connectivity index (χ2n) is 6.33. The molecule has 6 nitrogen and oxygen atoms in total. The zero-order chi connectivity index (χ0) is 18.2. The van der Waals surface area contributed by atoms with Crippen molar-refractivity contribution in [3.8, 4) is 16.9 Å². The van der Waals surface area contributed by atoms with E-state index in [1.165, 1.54) is 0 Å². The maximum absolute atomic E-state index is 11.2. The molecule has 0 radical (unpaired) electrons. The molecular formula is C20H25N5O. The topological polar surface area (TPSA) is 75.6 Å². The van der Waals surface area contributed by atoms with Gasteiger partial charge in [0.15, 0.2) is 0 Å². The summed E-state index contributed by atoms with van der Waals surface area (Å²) in [5.41, 5.74) is 3.19. The van der Waals surface area contributed by atoms with E-state index in [1.807, 2.05) is 23.1 Å². The van der Waals surface area contributed by atoms with Crippen molar-refractivity contribution in [2.45, 2.75) is 38.5 Å². The van der Waals surface area contributed by atoms with Gasteiger partial charge in [0.2, 0.25) is 5.91 Å². The predicted octanol–water partition coefficient (Wildman–Crippen LogP) is 3.50. The molecule has 136 valence electrons. The molecule has 2 N–H and O–H groups in total. The van der Waals surface area contributed by atoms with Crippen LogP contribution in [0.3, 0.4) is 0 Å². The van der Waals surface area contributed by atoms with Gasteiger partial charge in [-0.05, 0) is 36.6 Å². The maximum Gasteiger partial charge on any atom is 0.219 e. The van der Waals surface area contributed by atoms with E-state index in [-0.39, 0.29) is 5.91 Å². The van der Waals surface area contributed by atoms with Crippen LogP contribution in [0, 0.1) is 0 Å². The van der Waals surface area contributed by atoms with Gasteiger partial charge in [-0.3, -0.25) is 4.79 Å². The van der Waals surface area contributed by atoms with Crippen molar-refractivity contribution in [1.82, 2.24) is 25.1 Å². The molecule has 6 heteroatoms. The Morgan fingerprint density at radius 2 is 1.96 bits per heavy atom. The average Bonchev–Trinajstić information content (AvgIpc) is 3.36. The molecule has 0 atom stereocenters. The Balaban J connectivity index is 1.46. The molecule has 1 aromatic carbocycles. The number of amides is 1. The molecule has 0 saturated heterocycles. The summed E-state index contributed by atoms with van der Waals surface area (Å²) in [6, 6.07) is 10.2. The summed E-state index contributed by atoms with van der Waals surface area (Å²) in [7, 11) is 1.68. The highest BCUT2D eigenvalue weighted by Crippen LogP contribution is 2.19. The normalized spacial score (nSPS) is 10.8. The molecule has 2 heterocycles. The first-order valence-electron chi connectivity index (χ1n) is 9.11. The number of carbonyl (C=O) groups excluding carboxylic acids is 1. The van der Waals surface area contributed by atoms with Crippen molar-refractivity contribution >= 4 is 5.91 Å².